The van der Waals surface area contributed by atoms with Crippen LogP contribution in [0.2, 0.25) is 0 Å². The maximum atomic E-state index is 11.3. The number of hydrogen-bond donors (Lipinski definition) is 1. The molecule has 2 rings (SSSR count). The summed E-state index contributed by atoms with van der Waals surface area (Å²) in [5.41, 5.74) is 0.246. The molecule has 0 aromatic rings. The zero-order valence-corrected chi connectivity index (χ0v) is 12.4. The summed E-state index contributed by atoms with van der Waals surface area (Å²) in [5, 5.41) is 11.3. The minimum atomic E-state index is -0.905. The Labute approximate surface area is 116 Å². The zero-order chi connectivity index (χ0) is 14.1. The van der Waals surface area contributed by atoms with Crippen molar-refractivity contribution in [2.45, 2.75) is 77.4 Å². The average Bonchev–Trinajstić information content (AvgIpc) is 2.37. The van der Waals surface area contributed by atoms with E-state index in [4.69, 9.17) is 4.74 Å². The van der Waals surface area contributed by atoms with Gasteiger partial charge in [0.05, 0.1) is 0 Å². The molecule has 0 radical (unpaired) electrons. The molecule has 0 aromatic heterocycles. The molecule has 0 unspecified atom stereocenters. The predicted molar refractivity (Wildman–Crippen MR) is 74.7 cm³/mol. The smallest absolute Gasteiger partial charge is 0.303 e. The highest BCUT2D eigenvalue weighted by Gasteiger charge is 2.55. The quantitative estimate of drug-likeness (QED) is 0.629. The molecule has 3 heteroatoms. The first kappa shape index (κ1) is 14.6. The van der Waals surface area contributed by atoms with Crippen LogP contribution in [0.15, 0.2) is 11.6 Å². The predicted octanol–water partition coefficient (Wildman–Crippen LogP) is 3.36. The fourth-order valence-electron chi connectivity index (χ4n) is 4.03. The lowest BCUT2D eigenvalue weighted by molar-refractivity contribution is -0.188. The third-order valence-electron chi connectivity index (χ3n) is 5.16. The molecule has 3 nitrogen and oxygen atoms in total. The SMILES string of the molecule is CC[C@H](OC(C)=O)[C@]1(O)CCC=C2CCCC[C@@]21C. The molecule has 0 heterocycles. The molecule has 0 amide bonds. The van der Waals surface area contributed by atoms with Gasteiger partial charge >= 0.3 is 5.97 Å². The van der Waals surface area contributed by atoms with Crippen LogP contribution in [0.4, 0.5) is 0 Å². The molecule has 108 valence electrons. The maximum absolute atomic E-state index is 11.3. The van der Waals surface area contributed by atoms with E-state index < -0.39 is 11.7 Å². The minimum absolute atomic E-state index is 0.223. The van der Waals surface area contributed by atoms with E-state index in [9.17, 15) is 9.90 Å². The molecule has 19 heavy (non-hydrogen) atoms. The number of allylic oxidation sites excluding steroid dienone is 1. The molecule has 0 saturated heterocycles. The maximum Gasteiger partial charge on any atom is 0.303 e. The molecule has 0 spiro atoms. The van der Waals surface area contributed by atoms with Crippen molar-refractivity contribution in [2.24, 2.45) is 5.41 Å². The molecule has 3 atom stereocenters. The molecule has 2 aliphatic carbocycles. The summed E-state index contributed by atoms with van der Waals surface area (Å²) in [6.07, 6.45) is 8.58. The van der Waals surface area contributed by atoms with E-state index in [-0.39, 0.29) is 11.4 Å². The van der Waals surface area contributed by atoms with Crippen LogP contribution in [-0.4, -0.2) is 22.8 Å². The summed E-state index contributed by atoms with van der Waals surface area (Å²) in [5.74, 6) is -0.296. The van der Waals surface area contributed by atoms with E-state index in [2.05, 4.69) is 13.0 Å². The second kappa shape index (κ2) is 5.28. The van der Waals surface area contributed by atoms with E-state index in [1.807, 2.05) is 6.92 Å². The first-order valence-corrected chi connectivity index (χ1v) is 7.53. The zero-order valence-electron chi connectivity index (χ0n) is 12.4. The monoisotopic (exact) mass is 266 g/mol. The van der Waals surface area contributed by atoms with Gasteiger partial charge in [0.25, 0.3) is 0 Å². The van der Waals surface area contributed by atoms with E-state index in [0.29, 0.717) is 12.8 Å². The van der Waals surface area contributed by atoms with E-state index in [1.54, 1.807) is 0 Å². The lowest BCUT2D eigenvalue weighted by Crippen LogP contribution is -2.58. The van der Waals surface area contributed by atoms with Crippen molar-refractivity contribution in [3.63, 3.8) is 0 Å². The number of aliphatic hydroxyl groups is 1. The number of ether oxygens (including phenoxy) is 1. The second-order valence-electron chi connectivity index (χ2n) is 6.24. The average molecular weight is 266 g/mol. The Morgan fingerprint density at radius 2 is 2.21 bits per heavy atom. The third-order valence-corrected chi connectivity index (χ3v) is 5.16. The van der Waals surface area contributed by atoms with Crippen molar-refractivity contribution < 1.29 is 14.6 Å². The number of esters is 1. The third kappa shape index (κ3) is 2.33. The van der Waals surface area contributed by atoms with Crippen LogP contribution in [0.1, 0.15) is 65.7 Å². The summed E-state index contributed by atoms with van der Waals surface area (Å²) >= 11 is 0. The van der Waals surface area contributed by atoms with Crippen molar-refractivity contribution in [2.75, 3.05) is 0 Å². The van der Waals surface area contributed by atoms with Crippen molar-refractivity contribution in [3.8, 4) is 0 Å². The van der Waals surface area contributed by atoms with Crippen molar-refractivity contribution >= 4 is 5.97 Å². The van der Waals surface area contributed by atoms with Gasteiger partial charge in [-0.1, -0.05) is 31.9 Å². The Kier molecular flexibility index (Phi) is 4.05. The van der Waals surface area contributed by atoms with Crippen molar-refractivity contribution in [1.82, 2.24) is 0 Å². The van der Waals surface area contributed by atoms with Crippen LogP contribution < -0.4 is 0 Å². The lowest BCUT2D eigenvalue weighted by Gasteiger charge is -2.54. The Hall–Kier alpha value is -0.830. The molecule has 0 bridgehead atoms. The van der Waals surface area contributed by atoms with Gasteiger partial charge in [0, 0.05) is 12.3 Å². The normalized spacial score (nSPS) is 36.1. The first-order chi connectivity index (χ1) is 8.94. The second-order valence-corrected chi connectivity index (χ2v) is 6.24. The van der Waals surface area contributed by atoms with Gasteiger partial charge in [-0.05, 0) is 38.5 Å². The summed E-state index contributed by atoms with van der Waals surface area (Å²) in [6.45, 7) is 5.56. The van der Waals surface area contributed by atoms with E-state index in [1.165, 1.54) is 18.9 Å². The number of carbonyl (C=O) groups excluding carboxylic acids is 1. The summed E-state index contributed by atoms with van der Waals surface area (Å²) in [6, 6.07) is 0. The van der Waals surface area contributed by atoms with Crippen LogP contribution in [-0.2, 0) is 9.53 Å². The summed E-state index contributed by atoms with van der Waals surface area (Å²) in [7, 11) is 0. The largest absolute Gasteiger partial charge is 0.459 e. The van der Waals surface area contributed by atoms with Gasteiger partial charge in [-0.15, -0.1) is 0 Å². The topological polar surface area (TPSA) is 46.5 Å². The highest BCUT2D eigenvalue weighted by Crippen LogP contribution is 2.54. The summed E-state index contributed by atoms with van der Waals surface area (Å²) in [4.78, 5) is 11.3. The molecule has 1 fully saturated rings. The molecular formula is C16H26O3. The minimum Gasteiger partial charge on any atom is -0.459 e. The van der Waals surface area contributed by atoms with Gasteiger partial charge in [0.1, 0.15) is 11.7 Å². The molecule has 0 aliphatic heterocycles. The lowest BCUT2D eigenvalue weighted by atomic mass is 9.56. The molecule has 1 saturated carbocycles. The van der Waals surface area contributed by atoms with E-state index >= 15 is 0 Å². The fourth-order valence-corrected chi connectivity index (χ4v) is 4.03. The molecule has 1 N–H and O–H groups in total. The van der Waals surface area contributed by atoms with Crippen molar-refractivity contribution in [3.05, 3.63) is 11.6 Å². The van der Waals surface area contributed by atoms with Gasteiger partial charge in [0.2, 0.25) is 0 Å². The number of hydrogen-bond acceptors (Lipinski definition) is 3. The molecule has 2 aliphatic rings. The van der Waals surface area contributed by atoms with Gasteiger partial charge in [-0.2, -0.15) is 0 Å². The van der Waals surface area contributed by atoms with Crippen LogP contribution in [0, 0.1) is 5.41 Å². The molecule has 0 aromatic carbocycles. The fraction of sp³-hybridized carbons (Fsp3) is 0.812. The van der Waals surface area contributed by atoms with Crippen LogP contribution >= 0.6 is 0 Å². The van der Waals surface area contributed by atoms with Gasteiger partial charge in [0.15, 0.2) is 0 Å². The first-order valence-electron chi connectivity index (χ1n) is 7.53. The number of carbonyl (C=O) groups is 1. The Bertz CT molecular complexity index is 387. The Morgan fingerprint density at radius 1 is 1.47 bits per heavy atom. The highest BCUT2D eigenvalue weighted by atomic mass is 16.6. The Morgan fingerprint density at radius 3 is 2.84 bits per heavy atom. The Balaban J connectivity index is 2.34. The van der Waals surface area contributed by atoms with Crippen LogP contribution in [0.25, 0.3) is 0 Å². The van der Waals surface area contributed by atoms with Gasteiger partial charge in [-0.25, -0.2) is 0 Å². The highest BCUT2D eigenvalue weighted by molar-refractivity contribution is 5.66. The number of fused-ring (bicyclic) bond motifs is 1. The van der Waals surface area contributed by atoms with Crippen LogP contribution in [0.3, 0.4) is 0 Å². The van der Waals surface area contributed by atoms with Gasteiger partial charge < -0.3 is 9.84 Å². The van der Waals surface area contributed by atoms with Crippen molar-refractivity contribution in [1.29, 1.82) is 0 Å². The standard InChI is InChI=1S/C16H26O3/c1-4-14(19-12(2)17)16(18)11-7-9-13-8-5-6-10-15(13,16)3/h9,14,18H,4-8,10-11H2,1-3H3/t14-,15-,16+/m0/s1. The van der Waals surface area contributed by atoms with E-state index in [0.717, 1.165) is 25.7 Å². The van der Waals surface area contributed by atoms with Crippen LogP contribution in [0.5, 0.6) is 0 Å². The summed E-state index contributed by atoms with van der Waals surface area (Å²) < 4.78 is 5.44. The number of rotatable bonds is 3. The molecular weight excluding hydrogens is 240 g/mol. The van der Waals surface area contributed by atoms with Gasteiger partial charge in [-0.3, -0.25) is 4.79 Å².